The van der Waals surface area contributed by atoms with Gasteiger partial charge in [-0.25, -0.2) is 9.37 Å². The third-order valence-electron chi connectivity index (χ3n) is 5.92. The van der Waals surface area contributed by atoms with Crippen molar-refractivity contribution in [3.05, 3.63) is 70.1 Å². The molecule has 2 aromatic carbocycles. The number of fused-ring (bicyclic) bond motifs is 1. The smallest absolute Gasteiger partial charge is 0.232 e. The van der Waals surface area contributed by atoms with Crippen molar-refractivity contribution < 1.29 is 9.50 Å². The van der Waals surface area contributed by atoms with Crippen LogP contribution >= 0.6 is 11.6 Å². The summed E-state index contributed by atoms with van der Waals surface area (Å²) < 4.78 is 14.7. The Morgan fingerprint density at radius 1 is 1.10 bits per heavy atom. The van der Waals surface area contributed by atoms with Gasteiger partial charge in [-0.15, -0.1) is 0 Å². The number of halogens is 2. The van der Waals surface area contributed by atoms with Gasteiger partial charge in [0.15, 0.2) is 0 Å². The number of nitrogens with one attached hydrogen (secondary N) is 2. The summed E-state index contributed by atoms with van der Waals surface area (Å²) in [5.41, 5.74) is 4.30. The van der Waals surface area contributed by atoms with Crippen LogP contribution in [0, 0.1) is 5.82 Å². The van der Waals surface area contributed by atoms with Crippen molar-refractivity contribution in [2.75, 3.05) is 13.1 Å². The monoisotopic (exact) mass is 439 g/mol. The minimum absolute atomic E-state index is 0.0980. The Balaban J connectivity index is 1.52. The molecule has 0 unspecified atom stereocenters. The Labute approximate surface area is 184 Å². The van der Waals surface area contributed by atoms with Gasteiger partial charge in [0.1, 0.15) is 5.82 Å². The number of piperidine rings is 1. The molecule has 0 bridgehead atoms. The lowest BCUT2D eigenvalue weighted by atomic mass is 9.90. The highest BCUT2D eigenvalue weighted by atomic mass is 35.5. The molecule has 1 aliphatic heterocycles. The number of hydrogen-bond acceptors (Lipinski definition) is 4. The summed E-state index contributed by atoms with van der Waals surface area (Å²) in [7, 11) is 0. The predicted octanol–water partition coefficient (Wildman–Crippen LogP) is 4.50. The Kier molecular flexibility index (Phi) is 5.38. The first-order valence-electron chi connectivity index (χ1n) is 10.5. The van der Waals surface area contributed by atoms with Gasteiger partial charge >= 0.3 is 0 Å². The standard InChI is InChI=1S/C23H23ClFN5O/c24-16-4-8-19-20(13-16)28-23(27-19)30-22(31)18(7-3-14-1-5-17(25)6-2-14)21(29-30)15-9-11-26-12-10-15/h1-2,4-6,8,13,15,26,31H,3,7,9-12H2,(H,27,28). The second-order valence-electron chi connectivity index (χ2n) is 7.97. The van der Waals surface area contributed by atoms with Gasteiger partial charge in [0, 0.05) is 16.5 Å². The molecule has 3 N–H and O–H groups in total. The summed E-state index contributed by atoms with van der Waals surface area (Å²) in [6.07, 6.45) is 3.24. The second kappa shape index (κ2) is 8.32. The lowest BCUT2D eigenvalue weighted by molar-refractivity contribution is 0.425. The van der Waals surface area contributed by atoms with Crippen LogP contribution in [0.4, 0.5) is 4.39 Å². The maximum Gasteiger partial charge on any atom is 0.232 e. The molecule has 160 valence electrons. The van der Waals surface area contributed by atoms with E-state index in [0.717, 1.165) is 53.8 Å². The van der Waals surface area contributed by atoms with E-state index in [2.05, 4.69) is 15.3 Å². The van der Waals surface area contributed by atoms with E-state index in [4.69, 9.17) is 16.7 Å². The molecule has 0 spiro atoms. The molecule has 4 aromatic rings. The Morgan fingerprint density at radius 2 is 1.87 bits per heavy atom. The maximum atomic E-state index is 13.2. The zero-order valence-electron chi connectivity index (χ0n) is 16.9. The van der Waals surface area contributed by atoms with Crippen LogP contribution in [0.25, 0.3) is 17.0 Å². The van der Waals surface area contributed by atoms with Crippen LogP contribution in [0.15, 0.2) is 42.5 Å². The summed E-state index contributed by atoms with van der Waals surface area (Å²) in [4.78, 5) is 7.79. The molecule has 5 rings (SSSR count). The third-order valence-corrected chi connectivity index (χ3v) is 6.16. The molecule has 6 nitrogen and oxygen atoms in total. The fourth-order valence-corrected chi connectivity index (χ4v) is 4.43. The summed E-state index contributed by atoms with van der Waals surface area (Å²) in [6.45, 7) is 1.86. The number of hydrogen-bond donors (Lipinski definition) is 3. The van der Waals surface area contributed by atoms with Crippen LogP contribution in [0.2, 0.25) is 5.02 Å². The fraction of sp³-hybridized carbons (Fsp3) is 0.304. The largest absolute Gasteiger partial charge is 0.493 e. The number of aromatic hydroxyl groups is 1. The van der Waals surface area contributed by atoms with Crippen LogP contribution < -0.4 is 5.32 Å². The van der Waals surface area contributed by atoms with Crippen molar-refractivity contribution in [2.24, 2.45) is 0 Å². The number of rotatable bonds is 5. The Hall–Kier alpha value is -2.90. The molecule has 31 heavy (non-hydrogen) atoms. The highest BCUT2D eigenvalue weighted by Crippen LogP contribution is 2.34. The molecule has 0 radical (unpaired) electrons. The van der Waals surface area contributed by atoms with Gasteiger partial charge in [-0.05, 0) is 74.7 Å². The third kappa shape index (κ3) is 4.03. The summed E-state index contributed by atoms with van der Waals surface area (Å²) in [5, 5.41) is 19.9. The molecule has 0 atom stereocenters. The average molecular weight is 440 g/mol. The molecule has 1 fully saturated rings. The molecule has 2 aromatic heterocycles. The zero-order valence-corrected chi connectivity index (χ0v) is 17.7. The van der Waals surface area contributed by atoms with E-state index in [1.807, 2.05) is 6.07 Å². The predicted molar refractivity (Wildman–Crippen MR) is 119 cm³/mol. The summed E-state index contributed by atoms with van der Waals surface area (Å²) in [5.74, 6) is 0.578. The van der Waals surface area contributed by atoms with Crippen molar-refractivity contribution in [2.45, 2.75) is 31.6 Å². The van der Waals surface area contributed by atoms with Crippen LogP contribution in [-0.4, -0.2) is 37.9 Å². The van der Waals surface area contributed by atoms with Gasteiger partial charge in [0.05, 0.1) is 16.7 Å². The number of aryl methyl sites for hydroxylation is 1. The molecular weight excluding hydrogens is 417 g/mol. The minimum atomic E-state index is -0.250. The van der Waals surface area contributed by atoms with E-state index in [0.29, 0.717) is 23.8 Å². The SMILES string of the molecule is Oc1c(CCc2ccc(F)cc2)c(C2CCNCC2)nn1-c1nc2ccc(Cl)cc2[nH]1. The van der Waals surface area contributed by atoms with Gasteiger partial charge in [0.25, 0.3) is 0 Å². The molecular formula is C23H23ClFN5O. The molecule has 8 heteroatoms. The van der Waals surface area contributed by atoms with Gasteiger partial charge in [-0.3, -0.25) is 0 Å². The number of benzene rings is 2. The average Bonchev–Trinajstić information content (AvgIpc) is 3.34. The quantitative estimate of drug-likeness (QED) is 0.428. The van der Waals surface area contributed by atoms with E-state index < -0.39 is 0 Å². The van der Waals surface area contributed by atoms with Crippen LogP contribution in [0.1, 0.15) is 35.6 Å². The highest BCUT2D eigenvalue weighted by Gasteiger charge is 2.27. The Bertz CT molecular complexity index is 1210. The van der Waals surface area contributed by atoms with Gasteiger partial charge in [-0.2, -0.15) is 9.78 Å². The molecule has 3 heterocycles. The lowest BCUT2D eigenvalue weighted by Crippen LogP contribution is -2.27. The van der Waals surface area contributed by atoms with Gasteiger partial charge in [-0.1, -0.05) is 23.7 Å². The van der Waals surface area contributed by atoms with E-state index in [1.165, 1.54) is 16.8 Å². The summed E-state index contributed by atoms with van der Waals surface area (Å²) >= 11 is 6.10. The topological polar surface area (TPSA) is 78.8 Å². The fourth-order valence-electron chi connectivity index (χ4n) is 4.26. The first-order chi connectivity index (χ1) is 15.1. The van der Waals surface area contributed by atoms with Crippen molar-refractivity contribution in [3.63, 3.8) is 0 Å². The maximum absolute atomic E-state index is 13.2. The molecule has 0 saturated carbocycles. The van der Waals surface area contributed by atoms with Crippen molar-refractivity contribution in [1.82, 2.24) is 25.1 Å². The van der Waals surface area contributed by atoms with E-state index in [9.17, 15) is 9.50 Å². The Morgan fingerprint density at radius 3 is 2.65 bits per heavy atom. The minimum Gasteiger partial charge on any atom is -0.493 e. The number of aromatic nitrogens is 4. The van der Waals surface area contributed by atoms with Crippen LogP contribution in [0.3, 0.4) is 0 Å². The van der Waals surface area contributed by atoms with E-state index in [-0.39, 0.29) is 17.6 Å². The highest BCUT2D eigenvalue weighted by molar-refractivity contribution is 6.31. The van der Waals surface area contributed by atoms with Crippen LogP contribution in [-0.2, 0) is 12.8 Å². The van der Waals surface area contributed by atoms with Gasteiger partial charge in [0.2, 0.25) is 11.8 Å². The van der Waals surface area contributed by atoms with Crippen molar-refractivity contribution in [1.29, 1.82) is 0 Å². The zero-order chi connectivity index (χ0) is 21.4. The number of aromatic amines is 1. The molecule has 1 aliphatic rings. The van der Waals surface area contributed by atoms with Crippen LogP contribution in [0.5, 0.6) is 5.88 Å². The van der Waals surface area contributed by atoms with E-state index in [1.54, 1.807) is 24.3 Å². The first-order valence-corrected chi connectivity index (χ1v) is 10.9. The second-order valence-corrected chi connectivity index (χ2v) is 8.41. The molecule has 0 aliphatic carbocycles. The first kappa shape index (κ1) is 20.0. The van der Waals surface area contributed by atoms with Gasteiger partial charge < -0.3 is 15.4 Å². The van der Waals surface area contributed by atoms with Crippen molar-refractivity contribution in [3.8, 4) is 11.8 Å². The normalized spacial score (nSPS) is 15.0. The molecule has 0 amide bonds. The lowest BCUT2D eigenvalue weighted by Gasteiger charge is -2.21. The van der Waals surface area contributed by atoms with Crippen molar-refractivity contribution >= 4 is 22.6 Å². The number of imidazole rings is 1. The number of nitrogens with zero attached hydrogens (tertiary/aromatic N) is 3. The van der Waals surface area contributed by atoms with E-state index >= 15 is 0 Å². The number of H-pyrrole nitrogens is 1. The summed E-state index contributed by atoms with van der Waals surface area (Å²) in [6, 6.07) is 11.9. The molecule has 1 saturated heterocycles.